The summed E-state index contributed by atoms with van der Waals surface area (Å²) in [6.07, 6.45) is 1.42. The number of benzene rings is 2. The van der Waals surface area contributed by atoms with Gasteiger partial charge in [-0.1, -0.05) is 0 Å². The highest BCUT2D eigenvalue weighted by Crippen LogP contribution is 2.27. The number of non-ortho nitro benzene ring substituents is 1. The molecule has 1 N–H and O–H groups in total. The molecule has 0 saturated carbocycles. The van der Waals surface area contributed by atoms with Crippen LogP contribution < -0.4 is 10.1 Å². The lowest BCUT2D eigenvalue weighted by atomic mass is 10.2. The molecule has 7 nitrogen and oxygen atoms in total. The van der Waals surface area contributed by atoms with E-state index in [0.717, 1.165) is 11.4 Å². The number of nitro groups is 1. The van der Waals surface area contributed by atoms with E-state index in [1.807, 2.05) is 31.2 Å². The fourth-order valence-electron chi connectivity index (χ4n) is 2.20. The maximum absolute atomic E-state index is 10.9. The highest BCUT2D eigenvalue weighted by Gasteiger charge is 2.10. The first-order valence-electron chi connectivity index (χ1n) is 7.06. The van der Waals surface area contributed by atoms with Gasteiger partial charge in [-0.25, -0.2) is 9.97 Å². The second-order valence-electron chi connectivity index (χ2n) is 4.76. The Morgan fingerprint density at radius 1 is 1.17 bits per heavy atom. The van der Waals surface area contributed by atoms with Gasteiger partial charge < -0.3 is 10.1 Å². The first-order valence-corrected chi connectivity index (χ1v) is 7.06. The molecule has 0 aliphatic heterocycles. The van der Waals surface area contributed by atoms with Crippen LogP contribution in [-0.4, -0.2) is 21.5 Å². The monoisotopic (exact) mass is 310 g/mol. The highest BCUT2D eigenvalue weighted by molar-refractivity contribution is 5.92. The molecule has 0 aliphatic rings. The van der Waals surface area contributed by atoms with Crippen molar-refractivity contribution in [3.8, 4) is 5.75 Å². The van der Waals surface area contributed by atoms with Crippen molar-refractivity contribution in [3.63, 3.8) is 0 Å². The van der Waals surface area contributed by atoms with Gasteiger partial charge in [0, 0.05) is 23.2 Å². The molecule has 3 rings (SSSR count). The molecule has 0 unspecified atom stereocenters. The molecule has 23 heavy (non-hydrogen) atoms. The summed E-state index contributed by atoms with van der Waals surface area (Å²) in [5, 5.41) is 14.7. The maximum Gasteiger partial charge on any atom is 0.270 e. The maximum atomic E-state index is 10.9. The van der Waals surface area contributed by atoms with E-state index in [1.165, 1.54) is 18.5 Å². The fraction of sp³-hybridized carbons (Fsp3) is 0.125. The van der Waals surface area contributed by atoms with Gasteiger partial charge in [-0.2, -0.15) is 0 Å². The van der Waals surface area contributed by atoms with Gasteiger partial charge in [-0.05, 0) is 37.3 Å². The Morgan fingerprint density at radius 3 is 2.65 bits per heavy atom. The average Bonchev–Trinajstić information content (AvgIpc) is 2.57. The Morgan fingerprint density at radius 2 is 1.96 bits per heavy atom. The first-order chi connectivity index (χ1) is 11.2. The third-order valence-corrected chi connectivity index (χ3v) is 3.26. The predicted octanol–water partition coefficient (Wildman–Crippen LogP) is 3.68. The Labute approximate surface area is 132 Å². The predicted molar refractivity (Wildman–Crippen MR) is 87.1 cm³/mol. The van der Waals surface area contributed by atoms with E-state index in [4.69, 9.17) is 4.74 Å². The lowest BCUT2D eigenvalue weighted by Gasteiger charge is -2.09. The van der Waals surface area contributed by atoms with Crippen LogP contribution >= 0.6 is 0 Å². The van der Waals surface area contributed by atoms with Crippen molar-refractivity contribution < 1.29 is 9.66 Å². The minimum Gasteiger partial charge on any atom is -0.494 e. The standard InChI is InChI=1S/C16H14N4O3/c1-2-23-13-6-3-11(4-7-13)19-16-14-9-12(20(21)22)5-8-15(14)17-10-18-16/h3-10H,2H2,1H3,(H,17,18,19). The zero-order chi connectivity index (χ0) is 16.2. The molecule has 7 heteroatoms. The summed E-state index contributed by atoms with van der Waals surface area (Å²) in [4.78, 5) is 18.8. The molecule has 3 aromatic rings. The summed E-state index contributed by atoms with van der Waals surface area (Å²) in [7, 11) is 0. The fourth-order valence-corrected chi connectivity index (χ4v) is 2.20. The highest BCUT2D eigenvalue weighted by atomic mass is 16.6. The third kappa shape index (κ3) is 3.18. The first kappa shape index (κ1) is 14.7. The summed E-state index contributed by atoms with van der Waals surface area (Å²) in [5.41, 5.74) is 1.45. The number of nitrogens with zero attached hydrogens (tertiary/aromatic N) is 3. The Kier molecular flexibility index (Phi) is 4.01. The van der Waals surface area contributed by atoms with Crippen molar-refractivity contribution in [1.82, 2.24) is 9.97 Å². The number of aromatic nitrogens is 2. The number of nitrogens with one attached hydrogen (secondary N) is 1. The van der Waals surface area contributed by atoms with Crippen molar-refractivity contribution >= 4 is 28.1 Å². The molecule has 1 heterocycles. The van der Waals surface area contributed by atoms with E-state index in [0.29, 0.717) is 23.3 Å². The van der Waals surface area contributed by atoms with Crippen LogP contribution in [0, 0.1) is 10.1 Å². The number of nitro benzene ring substituents is 1. The molecule has 116 valence electrons. The van der Waals surface area contributed by atoms with Crippen molar-refractivity contribution in [1.29, 1.82) is 0 Å². The van der Waals surface area contributed by atoms with Crippen LogP contribution in [0.25, 0.3) is 10.9 Å². The molecule has 0 radical (unpaired) electrons. The molecule has 1 aromatic heterocycles. The van der Waals surface area contributed by atoms with E-state index >= 15 is 0 Å². The minimum absolute atomic E-state index is 0.00189. The number of hydrogen-bond acceptors (Lipinski definition) is 6. The minimum atomic E-state index is -0.437. The summed E-state index contributed by atoms with van der Waals surface area (Å²) in [5.74, 6) is 1.30. The van der Waals surface area contributed by atoms with Crippen LogP contribution in [0.4, 0.5) is 17.2 Å². The lowest BCUT2D eigenvalue weighted by Crippen LogP contribution is -1.97. The Balaban J connectivity index is 1.95. The number of rotatable bonds is 5. The molecular formula is C16H14N4O3. The van der Waals surface area contributed by atoms with Gasteiger partial charge in [0.1, 0.15) is 17.9 Å². The topological polar surface area (TPSA) is 90.2 Å². The molecule has 0 bridgehead atoms. The number of fused-ring (bicyclic) bond motifs is 1. The van der Waals surface area contributed by atoms with Gasteiger partial charge >= 0.3 is 0 Å². The molecule has 0 aliphatic carbocycles. The zero-order valence-electron chi connectivity index (χ0n) is 12.4. The van der Waals surface area contributed by atoms with E-state index in [2.05, 4.69) is 15.3 Å². The van der Waals surface area contributed by atoms with Gasteiger partial charge in [0.05, 0.1) is 17.0 Å². The van der Waals surface area contributed by atoms with Crippen molar-refractivity contribution in [2.75, 3.05) is 11.9 Å². The van der Waals surface area contributed by atoms with Crippen molar-refractivity contribution in [3.05, 3.63) is 58.9 Å². The van der Waals surface area contributed by atoms with Gasteiger partial charge in [-0.3, -0.25) is 10.1 Å². The Hall–Kier alpha value is -3.22. The zero-order valence-corrected chi connectivity index (χ0v) is 12.4. The third-order valence-electron chi connectivity index (χ3n) is 3.26. The number of hydrogen-bond donors (Lipinski definition) is 1. The number of anilines is 2. The largest absolute Gasteiger partial charge is 0.494 e. The summed E-state index contributed by atoms with van der Waals surface area (Å²) >= 11 is 0. The van der Waals surface area contributed by atoms with Crippen molar-refractivity contribution in [2.24, 2.45) is 0 Å². The van der Waals surface area contributed by atoms with Crippen LogP contribution in [-0.2, 0) is 0 Å². The van der Waals surface area contributed by atoms with Crippen LogP contribution in [0.2, 0.25) is 0 Å². The van der Waals surface area contributed by atoms with Crippen molar-refractivity contribution in [2.45, 2.75) is 6.92 Å². The van der Waals surface area contributed by atoms with Crippen LogP contribution in [0.3, 0.4) is 0 Å². The Bertz CT molecular complexity index is 850. The SMILES string of the molecule is CCOc1ccc(Nc2ncnc3ccc([N+](=O)[O-])cc23)cc1. The second-order valence-corrected chi connectivity index (χ2v) is 4.76. The van der Waals surface area contributed by atoms with Gasteiger partial charge in [0.2, 0.25) is 0 Å². The molecule has 0 fully saturated rings. The normalized spacial score (nSPS) is 10.5. The lowest BCUT2D eigenvalue weighted by molar-refractivity contribution is -0.384. The van der Waals surface area contributed by atoms with E-state index < -0.39 is 4.92 Å². The van der Waals surface area contributed by atoms with Crippen LogP contribution in [0.1, 0.15) is 6.92 Å². The molecule has 2 aromatic carbocycles. The van der Waals surface area contributed by atoms with E-state index in [-0.39, 0.29) is 5.69 Å². The van der Waals surface area contributed by atoms with Crippen LogP contribution in [0.5, 0.6) is 5.75 Å². The quantitative estimate of drug-likeness (QED) is 0.571. The van der Waals surface area contributed by atoms with Gasteiger partial charge in [0.25, 0.3) is 5.69 Å². The summed E-state index contributed by atoms with van der Waals surface area (Å²) in [6.45, 7) is 2.53. The summed E-state index contributed by atoms with van der Waals surface area (Å²) in [6, 6.07) is 11.9. The van der Waals surface area contributed by atoms with Gasteiger partial charge in [0.15, 0.2) is 0 Å². The molecular weight excluding hydrogens is 296 g/mol. The van der Waals surface area contributed by atoms with Gasteiger partial charge in [-0.15, -0.1) is 0 Å². The van der Waals surface area contributed by atoms with E-state index in [1.54, 1.807) is 6.07 Å². The molecule has 0 saturated heterocycles. The van der Waals surface area contributed by atoms with E-state index in [9.17, 15) is 10.1 Å². The molecule has 0 atom stereocenters. The second kappa shape index (κ2) is 6.27. The average molecular weight is 310 g/mol. The molecule has 0 amide bonds. The summed E-state index contributed by atoms with van der Waals surface area (Å²) < 4.78 is 5.40. The van der Waals surface area contributed by atoms with Crippen LogP contribution in [0.15, 0.2) is 48.8 Å². The molecule has 0 spiro atoms. The smallest absolute Gasteiger partial charge is 0.270 e. The number of ether oxygens (including phenoxy) is 1.